The van der Waals surface area contributed by atoms with Gasteiger partial charge in [-0.05, 0) is 50.4 Å². The number of carbonyl (C=O) groups excluding carboxylic acids is 1. The molecule has 1 aliphatic heterocycles. The fourth-order valence-corrected chi connectivity index (χ4v) is 3.95. The third-order valence-electron chi connectivity index (χ3n) is 5.34. The smallest absolute Gasteiger partial charge is 0.251 e. The second-order valence-electron chi connectivity index (χ2n) is 7.29. The van der Waals surface area contributed by atoms with Crippen LogP contribution < -0.4 is 20.5 Å². The normalized spacial score (nSPS) is 21.5. The molecule has 0 bridgehead atoms. The summed E-state index contributed by atoms with van der Waals surface area (Å²) in [4.78, 5) is 12.7. The molecule has 6 nitrogen and oxygen atoms in total. The van der Waals surface area contributed by atoms with Gasteiger partial charge in [-0.3, -0.25) is 4.79 Å². The van der Waals surface area contributed by atoms with Crippen molar-refractivity contribution >= 4 is 5.91 Å². The number of amides is 1. The number of rotatable bonds is 7. The van der Waals surface area contributed by atoms with E-state index in [1.165, 1.54) is 19.3 Å². The number of benzene rings is 1. The monoisotopic (exact) mass is 362 g/mol. The molecule has 6 heteroatoms. The summed E-state index contributed by atoms with van der Waals surface area (Å²) in [5.41, 5.74) is 6.06. The molecular formula is C20H30N2O4. The van der Waals surface area contributed by atoms with E-state index in [0.29, 0.717) is 36.8 Å². The zero-order chi connectivity index (χ0) is 18.4. The fraction of sp³-hybridized carbons (Fsp3) is 0.650. The third-order valence-corrected chi connectivity index (χ3v) is 5.34. The van der Waals surface area contributed by atoms with E-state index in [0.717, 1.165) is 25.7 Å². The van der Waals surface area contributed by atoms with E-state index in [1.54, 1.807) is 25.3 Å². The first-order chi connectivity index (χ1) is 12.7. The minimum Gasteiger partial charge on any atom is -0.493 e. The van der Waals surface area contributed by atoms with Crippen LogP contribution in [0.15, 0.2) is 18.2 Å². The lowest BCUT2D eigenvalue weighted by atomic mass is 9.82. The van der Waals surface area contributed by atoms with Gasteiger partial charge in [0.1, 0.15) is 0 Å². The van der Waals surface area contributed by atoms with Crippen molar-refractivity contribution in [3.8, 4) is 11.5 Å². The van der Waals surface area contributed by atoms with Crippen molar-refractivity contribution in [2.24, 2.45) is 5.73 Å². The molecular weight excluding hydrogens is 332 g/mol. The van der Waals surface area contributed by atoms with Gasteiger partial charge in [-0.25, -0.2) is 0 Å². The fourth-order valence-electron chi connectivity index (χ4n) is 3.95. The third kappa shape index (κ3) is 4.48. The summed E-state index contributed by atoms with van der Waals surface area (Å²) in [6.07, 6.45) is 7.63. The lowest BCUT2D eigenvalue weighted by molar-refractivity contribution is -0.0246. The zero-order valence-corrected chi connectivity index (χ0v) is 15.6. The predicted octanol–water partition coefficient (Wildman–Crippen LogP) is 2.64. The molecule has 1 spiro atoms. The van der Waals surface area contributed by atoms with Crippen LogP contribution in [0.1, 0.15) is 55.3 Å². The zero-order valence-electron chi connectivity index (χ0n) is 15.6. The number of ether oxygens (including phenoxy) is 3. The van der Waals surface area contributed by atoms with Crippen LogP contribution in [0.3, 0.4) is 0 Å². The lowest BCUT2D eigenvalue weighted by Gasteiger charge is -2.32. The first-order valence-electron chi connectivity index (χ1n) is 9.61. The Kier molecular flexibility index (Phi) is 6.38. The molecule has 1 amide bonds. The summed E-state index contributed by atoms with van der Waals surface area (Å²) in [5, 5.41) is 3.12. The van der Waals surface area contributed by atoms with E-state index in [2.05, 4.69) is 5.32 Å². The van der Waals surface area contributed by atoms with E-state index in [4.69, 9.17) is 19.9 Å². The van der Waals surface area contributed by atoms with Gasteiger partial charge in [0.05, 0.1) is 32.0 Å². The highest BCUT2D eigenvalue weighted by Crippen LogP contribution is 2.39. The van der Waals surface area contributed by atoms with E-state index in [1.807, 2.05) is 0 Å². The molecule has 1 saturated carbocycles. The molecule has 0 radical (unpaired) electrons. The quantitative estimate of drug-likeness (QED) is 0.729. The molecule has 1 aliphatic carbocycles. The van der Waals surface area contributed by atoms with Gasteiger partial charge in [0.2, 0.25) is 0 Å². The highest BCUT2D eigenvalue weighted by Gasteiger charge is 2.41. The first-order valence-corrected chi connectivity index (χ1v) is 9.61. The van der Waals surface area contributed by atoms with Crippen LogP contribution in [0.25, 0.3) is 0 Å². The van der Waals surface area contributed by atoms with E-state index in [9.17, 15) is 4.79 Å². The first kappa shape index (κ1) is 19.0. The van der Waals surface area contributed by atoms with Gasteiger partial charge in [0.25, 0.3) is 5.91 Å². The maximum Gasteiger partial charge on any atom is 0.251 e. The minimum atomic E-state index is -0.0993. The topological polar surface area (TPSA) is 82.8 Å². The van der Waals surface area contributed by atoms with Crippen molar-refractivity contribution in [1.29, 1.82) is 0 Å². The van der Waals surface area contributed by atoms with Crippen molar-refractivity contribution in [3.05, 3.63) is 23.8 Å². The van der Waals surface area contributed by atoms with Crippen LogP contribution in [0.2, 0.25) is 0 Å². The van der Waals surface area contributed by atoms with Gasteiger partial charge >= 0.3 is 0 Å². The van der Waals surface area contributed by atoms with Crippen LogP contribution in [-0.4, -0.2) is 44.4 Å². The number of hydrogen-bond acceptors (Lipinski definition) is 5. The molecule has 1 saturated heterocycles. The molecule has 1 heterocycles. The Morgan fingerprint density at radius 2 is 2.12 bits per heavy atom. The average Bonchev–Trinajstić information content (AvgIpc) is 3.04. The second-order valence-corrected chi connectivity index (χ2v) is 7.29. The maximum absolute atomic E-state index is 12.7. The molecule has 3 rings (SSSR count). The highest BCUT2D eigenvalue weighted by atomic mass is 16.5. The van der Waals surface area contributed by atoms with Gasteiger partial charge in [-0.1, -0.05) is 19.3 Å². The van der Waals surface area contributed by atoms with Gasteiger partial charge in [0.15, 0.2) is 11.5 Å². The summed E-state index contributed by atoms with van der Waals surface area (Å²) in [7, 11) is 1.59. The van der Waals surface area contributed by atoms with E-state index in [-0.39, 0.29) is 17.6 Å². The number of nitrogens with one attached hydrogen (secondary N) is 1. The Hall–Kier alpha value is -1.79. The molecule has 1 aromatic carbocycles. The van der Waals surface area contributed by atoms with E-state index >= 15 is 0 Å². The van der Waals surface area contributed by atoms with Crippen LogP contribution in [0.4, 0.5) is 0 Å². The molecule has 3 N–H and O–H groups in total. The summed E-state index contributed by atoms with van der Waals surface area (Å²) >= 11 is 0. The second kappa shape index (κ2) is 8.73. The molecule has 2 aliphatic rings. The van der Waals surface area contributed by atoms with E-state index < -0.39 is 0 Å². The number of nitrogens with two attached hydrogens (primary N) is 1. The summed E-state index contributed by atoms with van der Waals surface area (Å²) < 4.78 is 17.1. The Morgan fingerprint density at radius 3 is 2.85 bits per heavy atom. The number of carbonyl (C=O) groups is 1. The Balaban J connectivity index is 1.61. The molecule has 1 aromatic rings. The van der Waals surface area contributed by atoms with Crippen LogP contribution in [0.5, 0.6) is 11.5 Å². The van der Waals surface area contributed by atoms with Crippen LogP contribution >= 0.6 is 0 Å². The summed E-state index contributed by atoms with van der Waals surface area (Å²) in [6, 6.07) is 5.33. The molecule has 0 aromatic heterocycles. The van der Waals surface area contributed by atoms with Crippen molar-refractivity contribution in [2.45, 2.75) is 56.6 Å². The minimum absolute atomic E-state index is 0.00734. The van der Waals surface area contributed by atoms with Gasteiger partial charge < -0.3 is 25.3 Å². The standard InChI is InChI=1S/C20H30N2O4/c1-24-17-7-6-15(12-18(17)25-11-5-10-21)19(23)22-16-13-20(26-14-16)8-3-2-4-9-20/h6-7,12,16H,2-5,8-11,13-14,21H2,1H3,(H,22,23)/t16-/m0/s1. The maximum atomic E-state index is 12.7. The predicted molar refractivity (Wildman–Crippen MR) is 99.8 cm³/mol. The van der Waals surface area contributed by atoms with Crippen molar-refractivity contribution < 1.29 is 19.0 Å². The molecule has 144 valence electrons. The number of hydrogen-bond donors (Lipinski definition) is 2. The van der Waals surface area contributed by atoms with Crippen LogP contribution in [0, 0.1) is 0 Å². The molecule has 0 unspecified atom stereocenters. The Labute approximate surface area is 155 Å². The molecule has 2 fully saturated rings. The van der Waals surface area contributed by atoms with Gasteiger partial charge in [0, 0.05) is 5.56 Å². The molecule has 1 atom stereocenters. The van der Waals surface area contributed by atoms with Gasteiger partial charge in [-0.2, -0.15) is 0 Å². The van der Waals surface area contributed by atoms with Crippen molar-refractivity contribution in [3.63, 3.8) is 0 Å². The lowest BCUT2D eigenvalue weighted by Crippen LogP contribution is -2.37. The van der Waals surface area contributed by atoms with Crippen molar-refractivity contribution in [2.75, 3.05) is 26.9 Å². The highest BCUT2D eigenvalue weighted by molar-refractivity contribution is 5.95. The molecule has 26 heavy (non-hydrogen) atoms. The average molecular weight is 362 g/mol. The summed E-state index contributed by atoms with van der Waals surface area (Å²) in [6.45, 7) is 1.66. The van der Waals surface area contributed by atoms with Crippen LogP contribution in [-0.2, 0) is 4.74 Å². The summed E-state index contributed by atoms with van der Waals surface area (Å²) in [5.74, 6) is 1.08. The Bertz CT molecular complexity index is 614. The SMILES string of the molecule is COc1ccc(C(=O)N[C@@H]2COC3(CCCCC3)C2)cc1OCCCN. The Morgan fingerprint density at radius 1 is 1.31 bits per heavy atom. The van der Waals surface area contributed by atoms with Crippen molar-refractivity contribution in [1.82, 2.24) is 5.32 Å². The van der Waals surface area contributed by atoms with Gasteiger partial charge in [-0.15, -0.1) is 0 Å². The largest absolute Gasteiger partial charge is 0.493 e. The number of methoxy groups -OCH3 is 1.